The van der Waals surface area contributed by atoms with Crippen LogP contribution in [-0.2, 0) is 4.74 Å². The van der Waals surface area contributed by atoms with Crippen LogP contribution in [0.1, 0.15) is 40.0 Å². The van der Waals surface area contributed by atoms with Gasteiger partial charge >= 0.3 is 0 Å². The van der Waals surface area contributed by atoms with Crippen molar-refractivity contribution in [3.63, 3.8) is 0 Å². The molecule has 0 heterocycles. The van der Waals surface area contributed by atoms with Crippen LogP contribution < -0.4 is 0 Å². The van der Waals surface area contributed by atoms with Crippen LogP contribution in [0.5, 0.6) is 0 Å². The summed E-state index contributed by atoms with van der Waals surface area (Å²) >= 11 is 0. The molecule has 2 N–H and O–H groups in total. The summed E-state index contributed by atoms with van der Waals surface area (Å²) < 4.78 is 5.24. The van der Waals surface area contributed by atoms with Crippen LogP contribution in [0.3, 0.4) is 0 Å². The summed E-state index contributed by atoms with van der Waals surface area (Å²) in [5, 5.41) is 18.2. The lowest BCUT2D eigenvalue weighted by molar-refractivity contribution is 0.127. The molecule has 0 aliphatic rings. The van der Waals surface area contributed by atoms with E-state index in [1.54, 1.807) is 14.0 Å². The minimum atomic E-state index is -0.374. The fourth-order valence-corrected chi connectivity index (χ4v) is 1.16. The van der Waals surface area contributed by atoms with Gasteiger partial charge in [-0.3, -0.25) is 0 Å². The number of aliphatic hydroxyl groups excluding tert-OH is 2. The van der Waals surface area contributed by atoms with Crippen molar-refractivity contribution in [2.45, 2.75) is 52.2 Å². The monoisotopic (exact) mass is 228 g/mol. The Morgan fingerprint density at radius 1 is 1.31 bits per heavy atom. The largest absolute Gasteiger partial charge is 0.395 e. The topological polar surface area (TPSA) is 49.7 Å². The van der Waals surface area contributed by atoms with E-state index in [0.717, 1.165) is 19.3 Å². The first-order valence-electron chi connectivity index (χ1n) is 5.75. The molecule has 0 radical (unpaired) electrons. The van der Waals surface area contributed by atoms with Gasteiger partial charge in [-0.15, -0.1) is 0 Å². The van der Waals surface area contributed by atoms with Crippen molar-refractivity contribution in [2.75, 3.05) is 13.7 Å². The van der Waals surface area contributed by atoms with Crippen molar-refractivity contribution in [1.82, 2.24) is 0 Å². The second kappa shape index (κ2) is 7.67. The third-order valence-corrected chi connectivity index (χ3v) is 2.34. The Hall–Kier alpha value is -0.560. The molecule has 0 bridgehead atoms. The van der Waals surface area contributed by atoms with Gasteiger partial charge in [-0.1, -0.05) is 11.8 Å². The molecule has 0 aliphatic carbocycles. The number of rotatable bonds is 6. The quantitative estimate of drug-likeness (QED) is 0.679. The Kier molecular flexibility index (Phi) is 7.40. The number of hydrogen-bond donors (Lipinski definition) is 2. The van der Waals surface area contributed by atoms with Gasteiger partial charge in [0.25, 0.3) is 0 Å². The van der Waals surface area contributed by atoms with Crippen LogP contribution in [-0.4, -0.2) is 36.1 Å². The average Bonchev–Trinajstić information content (AvgIpc) is 2.22. The fraction of sp³-hybridized carbons (Fsp3) is 0.846. The van der Waals surface area contributed by atoms with E-state index >= 15 is 0 Å². The Balaban J connectivity index is 4.09. The lowest BCUT2D eigenvalue weighted by Gasteiger charge is -2.14. The summed E-state index contributed by atoms with van der Waals surface area (Å²) in [5.41, 5.74) is -0.374. The van der Waals surface area contributed by atoms with E-state index in [4.69, 9.17) is 14.9 Å². The maximum atomic E-state index is 9.13. The molecular formula is C13H24O3. The Morgan fingerprint density at radius 3 is 2.38 bits per heavy atom. The van der Waals surface area contributed by atoms with Gasteiger partial charge in [-0.25, -0.2) is 0 Å². The van der Waals surface area contributed by atoms with Gasteiger partial charge in [-0.05, 0) is 40.0 Å². The second-order valence-corrected chi connectivity index (χ2v) is 4.82. The number of methoxy groups -OCH3 is 1. The van der Waals surface area contributed by atoms with Crippen molar-refractivity contribution < 1.29 is 14.9 Å². The molecule has 0 saturated heterocycles. The molecule has 0 aliphatic heterocycles. The van der Waals surface area contributed by atoms with Gasteiger partial charge in [0.15, 0.2) is 0 Å². The Labute approximate surface area is 98.8 Å². The number of hydrogen-bond acceptors (Lipinski definition) is 3. The molecule has 0 aromatic heterocycles. The SMILES string of the molecule is COC(C#CC(C)(C)CO)CCCC(C)O. The zero-order chi connectivity index (χ0) is 12.6. The lowest BCUT2D eigenvalue weighted by atomic mass is 9.95. The first kappa shape index (κ1) is 15.4. The predicted octanol–water partition coefficient (Wildman–Crippen LogP) is 1.57. The highest BCUT2D eigenvalue weighted by Crippen LogP contribution is 2.12. The van der Waals surface area contributed by atoms with Gasteiger partial charge in [0, 0.05) is 12.5 Å². The van der Waals surface area contributed by atoms with Gasteiger partial charge in [0.2, 0.25) is 0 Å². The summed E-state index contributed by atoms with van der Waals surface area (Å²) in [4.78, 5) is 0. The first-order chi connectivity index (χ1) is 7.41. The molecule has 2 atom stereocenters. The Bertz CT molecular complexity index is 235. The molecule has 3 heteroatoms. The van der Waals surface area contributed by atoms with Gasteiger partial charge in [-0.2, -0.15) is 0 Å². The molecule has 0 rings (SSSR count). The molecule has 0 spiro atoms. The van der Waals surface area contributed by atoms with Crippen LogP contribution in [0.2, 0.25) is 0 Å². The minimum absolute atomic E-state index is 0.0457. The smallest absolute Gasteiger partial charge is 0.117 e. The summed E-state index contributed by atoms with van der Waals surface area (Å²) in [6.45, 7) is 5.61. The highest BCUT2D eigenvalue weighted by atomic mass is 16.5. The van der Waals surface area contributed by atoms with Crippen LogP contribution >= 0.6 is 0 Å². The molecular weight excluding hydrogens is 204 g/mol. The second-order valence-electron chi connectivity index (χ2n) is 4.82. The van der Waals surface area contributed by atoms with E-state index in [0.29, 0.717) is 0 Å². The maximum absolute atomic E-state index is 9.13. The van der Waals surface area contributed by atoms with Crippen molar-refractivity contribution in [1.29, 1.82) is 0 Å². The minimum Gasteiger partial charge on any atom is -0.395 e. The predicted molar refractivity (Wildman–Crippen MR) is 65.0 cm³/mol. The zero-order valence-electron chi connectivity index (χ0n) is 10.8. The summed E-state index contributed by atoms with van der Waals surface area (Å²) in [6, 6.07) is 0. The third-order valence-electron chi connectivity index (χ3n) is 2.34. The molecule has 0 aromatic carbocycles. The molecule has 0 saturated carbocycles. The molecule has 2 unspecified atom stereocenters. The third kappa shape index (κ3) is 7.70. The van der Waals surface area contributed by atoms with Gasteiger partial charge < -0.3 is 14.9 Å². The summed E-state index contributed by atoms with van der Waals surface area (Å²) in [7, 11) is 1.63. The lowest BCUT2D eigenvalue weighted by Crippen LogP contribution is -2.16. The fourth-order valence-electron chi connectivity index (χ4n) is 1.16. The zero-order valence-corrected chi connectivity index (χ0v) is 10.8. The van der Waals surface area contributed by atoms with Crippen molar-refractivity contribution in [2.24, 2.45) is 5.41 Å². The molecule has 16 heavy (non-hydrogen) atoms. The van der Waals surface area contributed by atoms with Crippen molar-refractivity contribution in [3.05, 3.63) is 0 Å². The van der Waals surface area contributed by atoms with Crippen LogP contribution in [0.15, 0.2) is 0 Å². The molecule has 3 nitrogen and oxygen atoms in total. The number of aliphatic hydroxyl groups is 2. The molecule has 0 fully saturated rings. The van der Waals surface area contributed by atoms with Gasteiger partial charge in [0.05, 0.1) is 12.7 Å². The molecule has 0 amide bonds. The molecule has 94 valence electrons. The van der Waals surface area contributed by atoms with E-state index in [1.807, 2.05) is 13.8 Å². The van der Waals surface area contributed by atoms with Crippen molar-refractivity contribution in [3.8, 4) is 11.8 Å². The average molecular weight is 228 g/mol. The Morgan fingerprint density at radius 2 is 1.94 bits per heavy atom. The molecule has 0 aromatic rings. The van der Waals surface area contributed by atoms with E-state index in [1.165, 1.54) is 0 Å². The van der Waals surface area contributed by atoms with Crippen molar-refractivity contribution >= 4 is 0 Å². The maximum Gasteiger partial charge on any atom is 0.117 e. The highest BCUT2D eigenvalue weighted by molar-refractivity contribution is 5.12. The normalized spacial score (nSPS) is 15.1. The standard InChI is InChI=1S/C13H24O3/c1-11(15)6-5-7-12(16-4)8-9-13(2,3)10-14/h11-12,14-15H,5-7,10H2,1-4H3. The summed E-state index contributed by atoms with van der Waals surface area (Å²) in [5.74, 6) is 6.03. The van der Waals surface area contributed by atoms with E-state index < -0.39 is 0 Å². The van der Waals surface area contributed by atoms with Crippen LogP contribution in [0.4, 0.5) is 0 Å². The number of ether oxygens (including phenoxy) is 1. The van der Waals surface area contributed by atoms with E-state index in [-0.39, 0.29) is 24.2 Å². The van der Waals surface area contributed by atoms with E-state index in [9.17, 15) is 0 Å². The van der Waals surface area contributed by atoms with E-state index in [2.05, 4.69) is 11.8 Å². The van der Waals surface area contributed by atoms with Crippen LogP contribution in [0, 0.1) is 17.3 Å². The van der Waals surface area contributed by atoms with Crippen LogP contribution in [0.25, 0.3) is 0 Å². The van der Waals surface area contributed by atoms with Gasteiger partial charge in [0.1, 0.15) is 6.10 Å². The highest BCUT2D eigenvalue weighted by Gasteiger charge is 2.12. The summed E-state index contributed by atoms with van der Waals surface area (Å²) in [6.07, 6.45) is 2.11. The first-order valence-corrected chi connectivity index (χ1v) is 5.75.